The van der Waals surface area contributed by atoms with Gasteiger partial charge in [-0.15, -0.1) is 0 Å². The molecule has 9 heteroatoms. The Morgan fingerprint density at radius 1 is 1.08 bits per heavy atom. The molecule has 0 aliphatic carbocycles. The van der Waals surface area contributed by atoms with Gasteiger partial charge in [-0.25, -0.2) is 9.79 Å². The Morgan fingerprint density at radius 3 is 2.49 bits per heavy atom. The normalized spacial score (nSPS) is 15.4. The third-order valence-corrected chi connectivity index (χ3v) is 7.34. The molecule has 0 saturated heterocycles. The van der Waals surface area contributed by atoms with Gasteiger partial charge in [-0.2, -0.15) is 0 Å². The maximum atomic E-state index is 12.7. The van der Waals surface area contributed by atoms with Crippen LogP contribution in [-0.4, -0.2) is 29.8 Å². The molecule has 0 radical (unpaired) electrons. The number of aliphatic hydroxyl groups is 1. The summed E-state index contributed by atoms with van der Waals surface area (Å²) in [5.74, 6) is 0.281. The number of hydrogen-bond acceptors (Lipinski definition) is 7. The zero-order valence-corrected chi connectivity index (χ0v) is 24.0. The molecule has 0 fully saturated rings. The van der Waals surface area contributed by atoms with Gasteiger partial charge in [0.25, 0.3) is 0 Å². The standard InChI is InChI=1S/C28H23Br2NO5S/c1-3-35-28(33)24-25(32)23(37-27(24)31-20-7-5-4-6-8-20)15-18-13-21(30)26(22(14-18)34-2)36-16-17-9-11-19(29)12-10-17/h4-15,32H,3,16H2,1-2H3/b23-15-,31-27?. The summed E-state index contributed by atoms with van der Waals surface area (Å²) in [6.45, 7) is 2.26. The second-order valence-corrected chi connectivity index (χ2v) is 10.6. The number of carbonyl (C=O) groups is 1. The Hall–Kier alpha value is -3.01. The fraction of sp³-hybridized carbons (Fsp3) is 0.143. The van der Waals surface area contributed by atoms with E-state index >= 15 is 0 Å². The SMILES string of the molecule is CCOC(=O)C1=C(O)/C(=C/c2cc(Br)c(OCc3ccc(Br)cc3)c(OC)c2)SC1=Nc1ccccc1. The van der Waals surface area contributed by atoms with Crippen LogP contribution in [0.1, 0.15) is 18.1 Å². The Kier molecular flexibility index (Phi) is 9.13. The average Bonchev–Trinajstić information content (AvgIpc) is 3.19. The molecule has 0 bridgehead atoms. The van der Waals surface area contributed by atoms with Crippen molar-refractivity contribution in [2.24, 2.45) is 4.99 Å². The molecular formula is C28H23Br2NO5S. The summed E-state index contributed by atoms with van der Waals surface area (Å²) in [6.07, 6.45) is 1.76. The molecule has 37 heavy (non-hydrogen) atoms. The van der Waals surface area contributed by atoms with E-state index in [9.17, 15) is 9.90 Å². The van der Waals surface area contributed by atoms with Crippen molar-refractivity contribution in [1.82, 2.24) is 0 Å². The zero-order chi connectivity index (χ0) is 26.4. The molecule has 0 unspecified atom stereocenters. The fourth-order valence-corrected chi connectivity index (χ4v) is 5.34. The molecule has 1 aliphatic heterocycles. The molecule has 3 aromatic carbocycles. The van der Waals surface area contributed by atoms with Crippen molar-refractivity contribution in [2.45, 2.75) is 13.5 Å². The number of rotatable bonds is 8. The Bertz CT molecular complexity index is 1390. The van der Waals surface area contributed by atoms with E-state index in [0.717, 1.165) is 15.6 Å². The first-order chi connectivity index (χ1) is 17.9. The minimum Gasteiger partial charge on any atom is -0.506 e. The third-order valence-electron chi connectivity index (χ3n) is 5.20. The summed E-state index contributed by atoms with van der Waals surface area (Å²) in [4.78, 5) is 17.7. The van der Waals surface area contributed by atoms with Gasteiger partial charge in [0, 0.05) is 4.47 Å². The minimum absolute atomic E-state index is 0.0439. The van der Waals surface area contributed by atoms with Crippen LogP contribution < -0.4 is 9.47 Å². The van der Waals surface area contributed by atoms with E-state index in [2.05, 4.69) is 36.9 Å². The number of aliphatic imine (C=N–C) groups is 1. The summed E-state index contributed by atoms with van der Waals surface area (Å²) >= 11 is 8.21. The van der Waals surface area contributed by atoms with Crippen LogP contribution in [0.5, 0.6) is 11.5 Å². The largest absolute Gasteiger partial charge is 0.506 e. The molecule has 4 rings (SSSR count). The Morgan fingerprint density at radius 2 is 1.81 bits per heavy atom. The van der Waals surface area contributed by atoms with Crippen LogP contribution in [0.4, 0.5) is 5.69 Å². The van der Waals surface area contributed by atoms with E-state index in [0.29, 0.717) is 38.2 Å². The smallest absolute Gasteiger partial charge is 0.344 e. The molecule has 6 nitrogen and oxygen atoms in total. The van der Waals surface area contributed by atoms with Crippen LogP contribution >= 0.6 is 43.6 Å². The van der Waals surface area contributed by atoms with E-state index in [-0.39, 0.29) is 17.9 Å². The summed E-state index contributed by atoms with van der Waals surface area (Å²) in [7, 11) is 1.57. The van der Waals surface area contributed by atoms with Crippen molar-refractivity contribution in [3.8, 4) is 11.5 Å². The highest BCUT2D eigenvalue weighted by molar-refractivity contribution is 9.10. The van der Waals surface area contributed by atoms with Gasteiger partial charge < -0.3 is 19.3 Å². The highest BCUT2D eigenvalue weighted by Gasteiger charge is 2.33. The molecule has 3 aromatic rings. The molecular weight excluding hydrogens is 622 g/mol. The van der Waals surface area contributed by atoms with Gasteiger partial charge in [0.2, 0.25) is 0 Å². The van der Waals surface area contributed by atoms with Gasteiger partial charge in [-0.05, 0) is 76.5 Å². The predicted molar refractivity (Wildman–Crippen MR) is 155 cm³/mol. The van der Waals surface area contributed by atoms with Gasteiger partial charge in [-0.3, -0.25) is 0 Å². The number of nitrogens with zero attached hydrogens (tertiary/aromatic N) is 1. The zero-order valence-electron chi connectivity index (χ0n) is 20.0. The monoisotopic (exact) mass is 643 g/mol. The number of halogens is 2. The second-order valence-electron chi connectivity index (χ2n) is 7.76. The molecule has 190 valence electrons. The lowest BCUT2D eigenvalue weighted by Gasteiger charge is -2.14. The van der Waals surface area contributed by atoms with Crippen LogP contribution in [-0.2, 0) is 16.1 Å². The number of carbonyl (C=O) groups excluding carboxylic acids is 1. The third kappa shape index (κ3) is 6.66. The summed E-state index contributed by atoms with van der Waals surface area (Å²) in [6, 6.07) is 20.8. The first-order valence-corrected chi connectivity index (χ1v) is 13.7. The number of hydrogen-bond donors (Lipinski definition) is 1. The quantitative estimate of drug-likeness (QED) is 0.251. The van der Waals surface area contributed by atoms with Crippen LogP contribution in [0.15, 0.2) is 96.9 Å². The Labute approximate surface area is 236 Å². The van der Waals surface area contributed by atoms with Crippen molar-refractivity contribution in [1.29, 1.82) is 0 Å². The van der Waals surface area contributed by atoms with Crippen molar-refractivity contribution in [3.05, 3.63) is 103 Å². The lowest BCUT2D eigenvalue weighted by molar-refractivity contribution is -0.138. The van der Waals surface area contributed by atoms with Gasteiger partial charge in [0.1, 0.15) is 23.0 Å². The van der Waals surface area contributed by atoms with Crippen molar-refractivity contribution < 1.29 is 24.1 Å². The average molecular weight is 645 g/mol. The summed E-state index contributed by atoms with van der Waals surface area (Å²) in [5, 5.41) is 11.3. The van der Waals surface area contributed by atoms with E-state index in [4.69, 9.17) is 14.2 Å². The molecule has 1 heterocycles. The predicted octanol–water partition coefficient (Wildman–Crippen LogP) is 7.99. The number of esters is 1. The maximum absolute atomic E-state index is 12.7. The van der Waals surface area contributed by atoms with Crippen molar-refractivity contribution in [3.63, 3.8) is 0 Å². The first-order valence-electron chi connectivity index (χ1n) is 11.3. The van der Waals surface area contributed by atoms with Gasteiger partial charge in [0.05, 0.1) is 28.8 Å². The van der Waals surface area contributed by atoms with E-state index in [1.807, 2.05) is 60.7 Å². The van der Waals surface area contributed by atoms with Crippen LogP contribution in [0.3, 0.4) is 0 Å². The summed E-state index contributed by atoms with van der Waals surface area (Å²) in [5.41, 5.74) is 2.45. The topological polar surface area (TPSA) is 77.4 Å². The number of para-hydroxylation sites is 1. The Balaban J connectivity index is 1.65. The van der Waals surface area contributed by atoms with Crippen molar-refractivity contribution in [2.75, 3.05) is 13.7 Å². The summed E-state index contributed by atoms with van der Waals surface area (Å²) < 4.78 is 18.5. The molecule has 0 saturated carbocycles. The molecule has 0 atom stereocenters. The second kappa shape index (κ2) is 12.5. The fourth-order valence-electron chi connectivity index (χ4n) is 3.46. The number of thioether (sulfide) groups is 1. The molecule has 0 aromatic heterocycles. The van der Waals surface area contributed by atoms with E-state index in [1.54, 1.807) is 26.2 Å². The van der Waals surface area contributed by atoms with Crippen LogP contribution in [0, 0.1) is 0 Å². The maximum Gasteiger partial charge on any atom is 0.344 e. The molecule has 1 N–H and O–H groups in total. The van der Waals surface area contributed by atoms with Crippen LogP contribution in [0.25, 0.3) is 6.08 Å². The van der Waals surface area contributed by atoms with E-state index in [1.165, 1.54) is 11.8 Å². The van der Waals surface area contributed by atoms with Crippen LogP contribution in [0.2, 0.25) is 0 Å². The number of aliphatic hydroxyl groups excluding tert-OH is 1. The van der Waals surface area contributed by atoms with Gasteiger partial charge in [0.15, 0.2) is 11.5 Å². The lowest BCUT2D eigenvalue weighted by Crippen LogP contribution is -2.12. The number of benzene rings is 3. The number of ether oxygens (including phenoxy) is 3. The highest BCUT2D eigenvalue weighted by Crippen LogP contribution is 2.42. The number of methoxy groups -OCH3 is 1. The molecule has 0 amide bonds. The van der Waals surface area contributed by atoms with Gasteiger partial charge in [-0.1, -0.05) is 58.0 Å². The van der Waals surface area contributed by atoms with Crippen molar-refractivity contribution >= 4 is 66.4 Å². The van der Waals surface area contributed by atoms with E-state index < -0.39 is 5.97 Å². The van der Waals surface area contributed by atoms with Gasteiger partial charge >= 0.3 is 5.97 Å². The molecule has 0 spiro atoms. The first kappa shape index (κ1) is 27.0. The highest BCUT2D eigenvalue weighted by atomic mass is 79.9. The minimum atomic E-state index is -0.624. The molecule has 1 aliphatic rings. The lowest BCUT2D eigenvalue weighted by atomic mass is 10.1.